The molecule has 0 spiro atoms. The zero-order valence-corrected chi connectivity index (χ0v) is 16.7. The van der Waals surface area contributed by atoms with Crippen molar-refractivity contribution in [3.05, 3.63) is 59.4 Å². The normalized spacial score (nSPS) is 10.8. The minimum atomic E-state index is 0.483. The molecule has 0 unspecified atom stereocenters. The summed E-state index contributed by atoms with van der Waals surface area (Å²) in [5, 5.41) is 7.38. The van der Waals surface area contributed by atoms with E-state index < -0.39 is 0 Å². The molecule has 0 amide bonds. The smallest absolute Gasteiger partial charge is 0.149 e. The topological polar surface area (TPSA) is 41.7 Å². The van der Waals surface area contributed by atoms with E-state index in [4.69, 9.17) is 5.41 Å². The molecule has 1 radical (unpaired) electrons. The number of nitrogens with zero attached hydrogens (tertiary/aromatic N) is 2. The number of aromatic nitrogens is 2. The van der Waals surface area contributed by atoms with Gasteiger partial charge in [-0.2, -0.15) is 0 Å². The molecule has 0 aliphatic carbocycles. The molecule has 135 valence electrons. The third-order valence-corrected chi connectivity index (χ3v) is 4.67. The molecule has 0 fully saturated rings. The van der Waals surface area contributed by atoms with Crippen molar-refractivity contribution in [1.29, 1.82) is 5.41 Å². The first-order valence-electron chi connectivity index (χ1n) is 9.22. The van der Waals surface area contributed by atoms with Crippen molar-refractivity contribution >= 4 is 30.0 Å². The second kappa shape index (κ2) is 8.84. The molecule has 0 saturated heterocycles. The van der Waals surface area contributed by atoms with Crippen LogP contribution in [0.5, 0.6) is 0 Å². The summed E-state index contributed by atoms with van der Waals surface area (Å²) in [6.45, 7) is 10.7. The van der Waals surface area contributed by atoms with Crippen LogP contribution in [-0.2, 0) is 7.05 Å². The molecule has 0 bridgehead atoms. The van der Waals surface area contributed by atoms with Crippen LogP contribution in [0.4, 0.5) is 0 Å². The van der Waals surface area contributed by atoms with Gasteiger partial charge in [0.2, 0.25) is 0 Å². The number of nitrogens with one attached hydrogen (secondary N) is 1. The van der Waals surface area contributed by atoms with Gasteiger partial charge in [-0.3, -0.25) is 0 Å². The number of hydrogen-bond donors (Lipinski definition) is 1. The fourth-order valence-corrected chi connectivity index (χ4v) is 3.04. The number of fused-ring (bicyclic) bond motifs is 1. The minimum absolute atomic E-state index is 0.483. The summed E-state index contributed by atoms with van der Waals surface area (Å²) in [5.74, 6) is 1.06. The van der Waals surface area contributed by atoms with Crippen LogP contribution in [0.2, 0.25) is 6.82 Å². The van der Waals surface area contributed by atoms with Gasteiger partial charge in [-0.25, -0.2) is 4.98 Å². The monoisotopic (exact) mass is 346 g/mol. The molecule has 1 heterocycles. The first-order chi connectivity index (χ1) is 12.4. The first-order valence-corrected chi connectivity index (χ1v) is 9.22. The predicted octanol–water partition coefficient (Wildman–Crippen LogP) is 4.88. The molecule has 0 aliphatic rings. The van der Waals surface area contributed by atoms with E-state index in [1.165, 1.54) is 22.9 Å². The fraction of sp³-hybridized carbons (Fsp3) is 0.364. The highest BCUT2D eigenvalue weighted by Gasteiger charge is 2.07. The van der Waals surface area contributed by atoms with Crippen molar-refractivity contribution in [3.63, 3.8) is 0 Å². The van der Waals surface area contributed by atoms with Gasteiger partial charge in [0.25, 0.3) is 0 Å². The molecule has 0 saturated carbocycles. The van der Waals surface area contributed by atoms with Gasteiger partial charge in [-0.1, -0.05) is 64.2 Å². The van der Waals surface area contributed by atoms with E-state index >= 15 is 0 Å². The molecular formula is C22H29BN3. The van der Waals surface area contributed by atoms with Gasteiger partial charge in [-0.15, -0.1) is 0 Å². The van der Waals surface area contributed by atoms with Gasteiger partial charge in [0.15, 0.2) is 0 Å². The quantitative estimate of drug-likeness (QED) is 0.531. The molecule has 1 N–H and O–H groups in total. The Bertz CT molecular complexity index is 878. The Morgan fingerprint density at radius 1 is 1.08 bits per heavy atom. The zero-order valence-electron chi connectivity index (χ0n) is 16.7. The molecule has 3 nitrogen and oxygen atoms in total. The highest BCUT2D eigenvalue weighted by atomic mass is 15.0. The number of hydrogen-bond acceptors (Lipinski definition) is 2. The minimum Gasteiger partial charge on any atom is -0.334 e. The van der Waals surface area contributed by atoms with Crippen LogP contribution < -0.4 is 5.46 Å². The van der Waals surface area contributed by atoms with Crippen molar-refractivity contribution in [3.8, 4) is 0 Å². The van der Waals surface area contributed by atoms with E-state index in [1.54, 1.807) is 0 Å². The maximum absolute atomic E-state index is 7.38. The van der Waals surface area contributed by atoms with Crippen LogP contribution in [0.3, 0.4) is 0 Å². The first kappa shape index (κ1) is 20.0. The molecule has 2 aromatic carbocycles. The fourth-order valence-electron chi connectivity index (χ4n) is 3.04. The molecular weight excluding hydrogens is 317 g/mol. The lowest BCUT2D eigenvalue weighted by Gasteiger charge is -2.12. The molecule has 3 aromatic rings. The van der Waals surface area contributed by atoms with Gasteiger partial charge in [-0.05, 0) is 40.7 Å². The van der Waals surface area contributed by atoms with E-state index in [0.29, 0.717) is 11.8 Å². The summed E-state index contributed by atoms with van der Waals surface area (Å²) in [6, 6.07) is 12.7. The Morgan fingerprint density at radius 3 is 2.38 bits per heavy atom. The van der Waals surface area contributed by atoms with Crippen LogP contribution >= 0.6 is 0 Å². The highest BCUT2D eigenvalue weighted by molar-refractivity contribution is 6.53. The summed E-state index contributed by atoms with van der Waals surface area (Å²) < 4.78 is 2.04. The van der Waals surface area contributed by atoms with Gasteiger partial charge in [0.05, 0.1) is 17.4 Å². The SMILES string of the molecule is CC(C)c1ccc2c(c1)ncn2C.C[B]c1cccc(C(C)C)c1C=N. The average molecular weight is 346 g/mol. The Hall–Kier alpha value is -2.36. The second-order valence-corrected chi connectivity index (χ2v) is 7.20. The maximum atomic E-state index is 7.38. The summed E-state index contributed by atoms with van der Waals surface area (Å²) in [4.78, 5) is 4.32. The third kappa shape index (κ3) is 4.43. The molecule has 0 aliphatic heterocycles. The van der Waals surface area contributed by atoms with Crippen LogP contribution in [0.1, 0.15) is 56.2 Å². The number of aryl methyl sites for hydroxylation is 1. The lowest BCUT2D eigenvalue weighted by atomic mass is 9.69. The molecule has 3 rings (SSSR count). The van der Waals surface area contributed by atoms with E-state index in [0.717, 1.165) is 16.5 Å². The molecule has 4 heteroatoms. The average Bonchev–Trinajstić information content (AvgIpc) is 3.01. The van der Waals surface area contributed by atoms with Gasteiger partial charge < -0.3 is 9.98 Å². The molecule has 26 heavy (non-hydrogen) atoms. The van der Waals surface area contributed by atoms with E-state index in [1.807, 2.05) is 38.1 Å². The van der Waals surface area contributed by atoms with Gasteiger partial charge in [0, 0.05) is 13.3 Å². The standard InChI is InChI=1S/C11H15BN.C11H14N2/c1-8(2)9-5-4-6-11(12-3)10(9)7-13;1-8(2)9-4-5-11-10(6-9)12-7-13(11)3/h4-8,13H,1-3H3;4-8H,1-3H3. The summed E-state index contributed by atoms with van der Waals surface area (Å²) in [5.41, 5.74) is 7.11. The van der Waals surface area contributed by atoms with Crippen molar-refractivity contribution < 1.29 is 0 Å². The van der Waals surface area contributed by atoms with Crippen molar-refractivity contribution in [2.75, 3.05) is 0 Å². The Morgan fingerprint density at radius 2 is 1.81 bits per heavy atom. The lowest BCUT2D eigenvalue weighted by Crippen LogP contribution is -2.18. The number of imidazole rings is 1. The van der Waals surface area contributed by atoms with Crippen molar-refractivity contribution in [2.24, 2.45) is 7.05 Å². The molecule has 0 atom stereocenters. The van der Waals surface area contributed by atoms with Gasteiger partial charge >= 0.3 is 0 Å². The van der Waals surface area contributed by atoms with Crippen molar-refractivity contribution in [2.45, 2.75) is 46.4 Å². The van der Waals surface area contributed by atoms with Crippen LogP contribution in [0.15, 0.2) is 42.7 Å². The Balaban J connectivity index is 0.000000187. The van der Waals surface area contributed by atoms with Crippen molar-refractivity contribution in [1.82, 2.24) is 9.55 Å². The lowest BCUT2D eigenvalue weighted by molar-refractivity contribution is 0.866. The molecule has 1 aromatic heterocycles. The van der Waals surface area contributed by atoms with E-state index in [-0.39, 0.29) is 0 Å². The predicted molar refractivity (Wildman–Crippen MR) is 114 cm³/mol. The summed E-state index contributed by atoms with van der Waals surface area (Å²) in [6.07, 6.45) is 3.30. The van der Waals surface area contributed by atoms with E-state index in [2.05, 4.69) is 63.0 Å². The number of rotatable bonds is 4. The van der Waals surface area contributed by atoms with Crippen LogP contribution in [0.25, 0.3) is 11.0 Å². The summed E-state index contributed by atoms with van der Waals surface area (Å²) in [7, 11) is 4.07. The number of benzene rings is 2. The second-order valence-electron chi connectivity index (χ2n) is 7.20. The van der Waals surface area contributed by atoms with Crippen LogP contribution in [0, 0.1) is 5.41 Å². The van der Waals surface area contributed by atoms with E-state index in [9.17, 15) is 0 Å². The van der Waals surface area contributed by atoms with Gasteiger partial charge in [0.1, 0.15) is 7.28 Å². The zero-order chi connectivity index (χ0) is 19.3. The van der Waals surface area contributed by atoms with Crippen LogP contribution in [-0.4, -0.2) is 23.0 Å². The maximum Gasteiger partial charge on any atom is 0.149 e. The Kier molecular flexibility index (Phi) is 6.79. The third-order valence-electron chi connectivity index (χ3n) is 4.67. The highest BCUT2D eigenvalue weighted by Crippen LogP contribution is 2.19. The largest absolute Gasteiger partial charge is 0.334 e. The Labute approximate surface area is 158 Å². The summed E-state index contributed by atoms with van der Waals surface area (Å²) >= 11 is 0.